The molecule has 0 saturated carbocycles. The number of aryl methyl sites for hydroxylation is 1. The zero-order valence-corrected chi connectivity index (χ0v) is 15.6. The van der Waals surface area contributed by atoms with Gasteiger partial charge in [-0.05, 0) is 57.6 Å². The number of carboxylic acids is 1. The van der Waals surface area contributed by atoms with Gasteiger partial charge in [-0.15, -0.1) is 0 Å². The third-order valence-corrected chi connectivity index (χ3v) is 4.61. The van der Waals surface area contributed by atoms with Crippen molar-refractivity contribution in [3.63, 3.8) is 0 Å². The SMILES string of the molecule is CC(C)NCc1cc(-c2ccc(CCC(=O)O)c(F)c2)c2ccccc2c1. The highest BCUT2D eigenvalue weighted by atomic mass is 19.1. The maximum absolute atomic E-state index is 14.5. The number of rotatable bonds is 7. The van der Waals surface area contributed by atoms with Crippen molar-refractivity contribution in [2.45, 2.75) is 39.3 Å². The van der Waals surface area contributed by atoms with Gasteiger partial charge in [-0.25, -0.2) is 4.39 Å². The molecule has 0 aliphatic carbocycles. The maximum atomic E-state index is 14.5. The lowest BCUT2D eigenvalue weighted by atomic mass is 9.94. The second kappa shape index (κ2) is 8.31. The Hall–Kier alpha value is -2.72. The van der Waals surface area contributed by atoms with Crippen LogP contribution in [0.15, 0.2) is 54.6 Å². The van der Waals surface area contributed by atoms with E-state index >= 15 is 0 Å². The van der Waals surface area contributed by atoms with Crippen molar-refractivity contribution in [1.82, 2.24) is 5.32 Å². The molecule has 3 rings (SSSR count). The number of aliphatic carboxylic acids is 1. The summed E-state index contributed by atoms with van der Waals surface area (Å²) in [4.78, 5) is 10.7. The molecule has 0 bridgehead atoms. The summed E-state index contributed by atoms with van der Waals surface area (Å²) in [6.45, 7) is 4.95. The quantitative estimate of drug-likeness (QED) is 0.608. The summed E-state index contributed by atoms with van der Waals surface area (Å²) in [6, 6.07) is 17.8. The van der Waals surface area contributed by atoms with Crippen molar-refractivity contribution in [1.29, 1.82) is 0 Å². The Kier molecular flexibility index (Phi) is 5.87. The first-order valence-corrected chi connectivity index (χ1v) is 9.19. The second-order valence-electron chi connectivity index (χ2n) is 7.10. The van der Waals surface area contributed by atoms with Gasteiger partial charge < -0.3 is 10.4 Å². The lowest BCUT2D eigenvalue weighted by molar-refractivity contribution is -0.136. The van der Waals surface area contributed by atoms with Gasteiger partial charge >= 0.3 is 5.97 Å². The molecule has 0 aliphatic rings. The van der Waals surface area contributed by atoms with Gasteiger partial charge in [-0.3, -0.25) is 4.79 Å². The summed E-state index contributed by atoms with van der Waals surface area (Å²) in [6.07, 6.45) is 0.121. The zero-order valence-electron chi connectivity index (χ0n) is 15.6. The average Bonchev–Trinajstić information content (AvgIpc) is 2.64. The molecule has 27 heavy (non-hydrogen) atoms. The molecule has 0 unspecified atom stereocenters. The number of benzene rings is 3. The van der Waals surface area contributed by atoms with Crippen LogP contribution in [0.2, 0.25) is 0 Å². The Morgan fingerprint density at radius 3 is 2.59 bits per heavy atom. The van der Waals surface area contributed by atoms with E-state index in [4.69, 9.17) is 5.11 Å². The Morgan fingerprint density at radius 1 is 1.11 bits per heavy atom. The lowest BCUT2D eigenvalue weighted by Crippen LogP contribution is -2.21. The molecule has 140 valence electrons. The summed E-state index contributed by atoms with van der Waals surface area (Å²) in [5.41, 5.74) is 3.36. The average molecular weight is 365 g/mol. The van der Waals surface area contributed by atoms with Crippen molar-refractivity contribution >= 4 is 16.7 Å². The van der Waals surface area contributed by atoms with E-state index in [1.165, 1.54) is 6.07 Å². The highest BCUT2D eigenvalue weighted by Gasteiger charge is 2.11. The minimum absolute atomic E-state index is 0.0739. The largest absolute Gasteiger partial charge is 0.481 e. The van der Waals surface area contributed by atoms with E-state index in [1.807, 2.05) is 24.3 Å². The van der Waals surface area contributed by atoms with Crippen molar-refractivity contribution in [2.24, 2.45) is 0 Å². The standard InChI is InChI=1S/C23H24FNO2/c1-15(2)25-14-16-11-18-5-3-4-6-20(18)21(12-16)19-8-7-17(22(24)13-19)9-10-23(26)27/h3-8,11-13,15,25H,9-10,14H2,1-2H3,(H,26,27). The predicted octanol–water partition coefficient (Wildman–Crippen LogP) is 5.16. The Morgan fingerprint density at radius 2 is 1.89 bits per heavy atom. The Bertz CT molecular complexity index is 966. The number of hydrogen-bond acceptors (Lipinski definition) is 2. The van der Waals surface area contributed by atoms with Gasteiger partial charge in [0, 0.05) is 19.0 Å². The minimum atomic E-state index is -0.921. The van der Waals surface area contributed by atoms with Crippen LogP contribution in [-0.2, 0) is 17.8 Å². The molecule has 4 heteroatoms. The molecular formula is C23H24FNO2. The van der Waals surface area contributed by atoms with Crippen molar-refractivity contribution in [2.75, 3.05) is 0 Å². The number of halogens is 1. The molecule has 0 amide bonds. The summed E-state index contributed by atoms with van der Waals surface area (Å²) in [5, 5.41) is 14.4. The Labute approximate surface area is 158 Å². The van der Waals surface area contributed by atoms with Crippen molar-refractivity contribution in [3.05, 3.63) is 71.5 Å². The Balaban J connectivity index is 2.01. The van der Waals surface area contributed by atoms with E-state index in [0.717, 1.165) is 34.0 Å². The third-order valence-electron chi connectivity index (χ3n) is 4.61. The number of carbonyl (C=O) groups is 1. The van der Waals surface area contributed by atoms with Crippen LogP contribution in [0.4, 0.5) is 4.39 Å². The van der Waals surface area contributed by atoms with Crippen molar-refractivity contribution < 1.29 is 14.3 Å². The monoisotopic (exact) mass is 365 g/mol. The molecule has 3 aromatic rings. The molecule has 0 atom stereocenters. The van der Waals surface area contributed by atoms with Gasteiger partial charge in [-0.1, -0.05) is 50.2 Å². The highest BCUT2D eigenvalue weighted by Crippen LogP contribution is 2.31. The number of nitrogens with one attached hydrogen (secondary N) is 1. The van der Waals surface area contributed by atoms with E-state index in [0.29, 0.717) is 11.6 Å². The fourth-order valence-corrected chi connectivity index (χ4v) is 3.19. The van der Waals surface area contributed by atoms with Gasteiger partial charge in [0.05, 0.1) is 0 Å². The van der Waals surface area contributed by atoms with Crippen LogP contribution >= 0.6 is 0 Å². The topological polar surface area (TPSA) is 49.3 Å². The van der Waals surface area contributed by atoms with Gasteiger partial charge in [0.15, 0.2) is 0 Å². The number of hydrogen-bond donors (Lipinski definition) is 2. The normalized spacial score (nSPS) is 11.3. The van der Waals surface area contributed by atoms with E-state index in [-0.39, 0.29) is 18.7 Å². The van der Waals surface area contributed by atoms with E-state index in [1.54, 1.807) is 6.07 Å². The number of fused-ring (bicyclic) bond motifs is 1. The number of carboxylic acid groups (broad SMARTS) is 1. The lowest BCUT2D eigenvalue weighted by Gasteiger charge is -2.14. The van der Waals surface area contributed by atoms with Crippen LogP contribution in [0.1, 0.15) is 31.4 Å². The first-order chi connectivity index (χ1) is 12.9. The first-order valence-electron chi connectivity index (χ1n) is 9.19. The molecule has 2 N–H and O–H groups in total. The van der Waals surface area contributed by atoms with Crippen LogP contribution < -0.4 is 5.32 Å². The smallest absolute Gasteiger partial charge is 0.303 e. The fourth-order valence-electron chi connectivity index (χ4n) is 3.19. The molecule has 0 spiro atoms. The first kappa shape index (κ1) is 19.1. The summed E-state index contributed by atoms with van der Waals surface area (Å²) in [5.74, 6) is -1.28. The summed E-state index contributed by atoms with van der Waals surface area (Å²) < 4.78 is 14.5. The zero-order chi connectivity index (χ0) is 19.4. The molecule has 0 aromatic heterocycles. The molecule has 0 saturated heterocycles. The van der Waals surface area contributed by atoms with Crippen LogP contribution in [0.3, 0.4) is 0 Å². The molecule has 0 fully saturated rings. The van der Waals surface area contributed by atoms with Crippen LogP contribution in [0, 0.1) is 5.82 Å². The second-order valence-corrected chi connectivity index (χ2v) is 7.10. The molecular weight excluding hydrogens is 341 g/mol. The van der Waals surface area contributed by atoms with Crippen LogP contribution in [0.25, 0.3) is 21.9 Å². The van der Waals surface area contributed by atoms with Crippen LogP contribution in [-0.4, -0.2) is 17.1 Å². The van der Waals surface area contributed by atoms with E-state index in [9.17, 15) is 9.18 Å². The molecule has 3 aromatic carbocycles. The van der Waals surface area contributed by atoms with Crippen molar-refractivity contribution in [3.8, 4) is 11.1 Å². The highest BCUT2D eigenvalue weighted by molar-refractivity contribution is 5.97. The van der Waals surface area contributed by atoms with E-state index < -0.39 is 5.97 Å². The molecule has 0 heterocycles. The summed E-state index contributed by atoms with van der Waals surface area (Å²) in [7, 11) is 0. The predicted molar refractivity (Wildman–Crippen MR) is 107 cm³/mol. The summed E-state index contributed by atoms with van der Waals surface area (Å²) >= 11 is 0. The fraction of sp³-hybridized carbons (Fsp3) is 0.261. The van der Waals surface area contributed by atoms with Gasteiger partial charge in [-0.2, -0.15) is 0 Å². The minimum Gasteiger partial charge on any atom is -0.481 e. The molecule has 0 aliphatic heterocycles. The van der Waals surface area contributed by atoms with E-state index in [2.05, 4.69) is 37.4 Å². The van der Waals surface area contributed by atoms with Gasteiger partial charge in [0.25, 0.3) is 0 Å². The van der Waals surface area contributed by atoms with Crippen LogP contribution in [0.5, 0.6) is 0 Å². The molecule has 0 radical (unpaired) electrons. The van der Waals surface area contributed by atoms with Gasteiger partial charge in [0.1, 0.15) is 5.82 Å². The maximum Gasteiger partial charge on any atom is 0.303 e. The molecule has 3 nitrogen and oxygen atoms in total. The third kappa shape index (κ3) is 4.72. The van der Waals surface area contributed by atoms with Gasteiger partial charge in [0.2, 0.25) is 0 Å².